The number of carbonyl (C=O) groups is 1. The highest BCUT2D eigenvalue weighted by atomic mass is 79.9. The molecule has 1 heterocycles. The number of anilines is 1. The van der Waals surface area contributed by atoms with E-state index in [1.807, 2.05) is 56.3 Å². The van der Waals surface area contributed by atoms with Gasteiger partial charge >= 0.3 is 0 Å². The number of para-hydroxylation sites is 1. The van der Waals surface area contributed by atoms with Crippen LogP contribution < -0.4 is 9.73 Å². The van der Waals surface area contributed by atoms with Crippen molar-refractivity contribution in [3.63, 3.8) is 0 Å². The van der Waals surface area contributed by atoms with Crippen molar-refractivity contribution in [2.45, 2.75) is 38.5 Å². The smallest absolute Gasteiger partial charge is 0.264 e. The van der Waals surface area contributed by atoms with E-state index in [9.17, 15) is 13.2 Å². The largest absolute Gasteiger partial charge is 0.317 e. The Morgan fingerprint density at radius 2 is 1.64 bits per heavy atom. The molecule has 1 aromatic heterocycles. The van der Waals surface area contributed by atoms with E-state index in [1.54, 1.807) is 36.5 Å². The standard InChI is InChI=1S/C30H31BrN4O3S/c1-21(2)24-14-16-26(17-15-24)34(39(37,38)27-10-6-5-7-11-27)20-30(36)33-32-19-25-18-22(3)35(23(25)4)29-13-9-8-12-28(29)31/h5-19,21H,20H2,1-4H3,(H,33,36)/b32-19-. The first-order valence-electron chi connectivity index (χ1n) is 12.5. The molecule has 9 heteroatoms. The quantitative estimate of drug-likeness (QED) is 0.179. The van der Waals surface area contributed by atoms with Gasteiger partial charge in [-0.25, -0.2) is 13.8 Å². The maximum atomic E-state index is 13.5. The third kappa shape index (κ3) is 6.32. The number of sulfonamides is 1. The van der Waals surface area contributed by atoms with Crippen LogP contribution in [0.2, 0.25) is 0 Å². The van der Waals surface area contributed by atoms with Crippen molar-refractivity contribution in [1.82, 2.24) is 9.99 Å². The summed E-state index contributed by atoms with van der Waals surface area (Å²) in [5, 5.41) is 4.14. The third-order valence-electron chi connectivity index (χ3n) is 6.42. The number of hydrogen-bond acceptors (Lipinski definition) is 4. The van der Waals surface area contributed by atoms with Crippen LogP contribution in [0, 0.1) is 13.8 Å². The summed E-state index contributed by atoms with van der Waals surface area (Å²) in [6.07, 6.45) is 1.57. The van der Waals surface area contributed by atoms with Crippen LogP contribution in [-0.4, -0.2) is 31.7 Å². The number of aromatic nitrogens is 1. The van der Waals surface area contributed by atoms with Crippen molar-refractivity contribution in [1.29, 1.82) is 0 Å². The molecule has 39 heavy (non-hydrogen) atoms. The topological polar surface area (TPSA) is 83.8 Å². The molecule has 0 saturated carbocycles. The first-order chi connectivity index (χ1) is 18.6. The molecular formula is C30H31BrN4O3S. The minimum atomic E-state index is -3.99. The fourth-order valence-corrected chi connectivity index (χ4v) is 6.23. The molecule has 0 spiro atoms. The molecule has 0 aliphatic rings. The van der Waals surface area contributed by atoms with Crippen LogP contribution in [0.5, 0.6) is 0 Å². The van der Waals surface area contributed by atoms with Gasteiger partial charge < -0.3 is 4.57 Å². The number of benzene rings is 3. The van der Waals surface area contributed by atoms with E-state index in [0.717, 1.165) is 37.0 Å². The Hall–Kier alpha value is -3.69. The highest BCUT2D eigenvalue weighted by Gasteiger charge is 2.27. The molecule has 1 amide bonds. The van der Waals surface area contributed by atoms with Gasteiger partial charge in [-0.15, -0.1) is 0 Å². The van der Waals surface area contributed by atoms with Gasteiger partial charge in [0.15, 0.2) is 0 Å². The van der Waals surface area contributed by atoms with Crippen molar-refractivity contribution in [2.75, 3.05) is 10.8 Å². The number of aryl methyl sites for hydroxylation is 1. The van der Waals surface area contributed by atoms with E-state index in [0.29, 0.717) is 11.6 Å². The predicted molar refractivity (Wildman–Crippen MR) is 160 cm³/mol. The highest BCUT2D eigenvalue weighted by molar-refractivity contribution is 9.10. The molecule has 1 N–H and O–H groups in total. The number of carbonyl (C=O) groups excluding carboxylic acids is 1. The van der Waals surface area contributed by atoms with Crippen molar-refractivity contribution in [3.05, 3.63) is 112 Å². The molecule has 0 fully saturated rings. The number of nitrogens with one attached hydrogen (secondary N) is 1. The summed E-state index contributed by atoms with van der Waals surface area (Å²) in [5.74, 6) is -0.265. The summed E-state index contributed by atoms with van der Waals surface area (Å²) in [6, 6.07) is 25.2. The van der Waals surface area contributed by atoms with Gasteiger partial charge in [0, 0.05) is 21.4 Å². The lowest BCUT2D eigenvalue weighted by Crippen LogP contribution is -2.39. The lowest BCUT2D eigenvalue weighted by Gasteiger charge is -2.24. The van der Waals surface area contributed by atoms with Crippen LogP contribution in [-0.2, 0) is 14.8 Å². The maximum absolute atomic E-state index is 13.5. The Morgan fingerprint density at radius 1 is 1.00 bits per heavy atom. The second-order valence-corrected chi connectivity index (χ2v) is 12.2. The zero-order chi connectivity index (χ0) is 28.2. The fourth-order valence-electron chi connectivity index (χ4n) is 4.32. The van der Waals surface area contributed by atoms with Crippen molar-refractivity contribution < 1.29 is 13.2 Å². The van der Waals surface area contributed by atoms with Gasteiger partial charge in [0.25, 0.3) is 15.9 Å². The molecule has 4 aromatic rings. The lowest BCUT2D eigenvalue weighted by atomic mass is 10.0. The number of hydrazone groups is 1. The van der Waals surface area contributed by atoms with Crippen LogP contribution >= 0.6 is 15.9 Å². The Kier molecular flexibility index (Phi) is 8.72. The van der Waals surface area contributed by atoms with Gasteiger partial charge in [-0.05, 0) is 83.7 Å². The molecule has 3 aromatic carbocycles. The van der Waals surface area contributed by atoms with Gasteiger partial charge in [-0.3, -0.25) is 9.10 Å². The average Bonchev–Trinajstić information content (AvgIpc) is 3.20. The van der Waals surface area contributed by atoms with Crippen LogP contribution in [0.4, 0.5) is 5.69 Å². The molecule has 0 unspecified atom stereocenters. The molecule has 0 aliphatic carbocycles. The molecule has 0 saturated heterocycles. The summed E-state index contributed by atoms with van der Waals surface area (Å²) >= 11 is 3.60. The summed E-state index contributed by atoms with van der Waals surface area (Å²) in [7, 11) is -3.99. The number of nitrogens with zero attached hydrogens (tertiary/aromatic N) is 3. The van der Waals surface area contributed by atoms with Crippen molar-refractivity contribution >= 4 is 43.8 Å². The first-order valence-corrected chi connectivity index (χ1v) is 14.8. The second kappa shape index (κ2) is 12.0. The van der Waals surface area contributed by atoms with Gasteiger partial charge in [0.2, 0.25) is 0 Å². The zero-order valence-corrected chi connectivity index (χ0v) is 24.7. The van der Waals surface area contributed by atoms with Gasteiger partial charge in [-0.1, -0.05) is 56.3 Å². The SMILES string of the molecule is Cc1cc(/C=N\NC(=O)CN(c2ccc(C(C)C)cc2)S(=O)(=O)c2ccccc2)c(C)n1-c1ccccc1Br. The number of amides is 1. The van der Waals surface area contributed by atoms with Crippen molar-refractivity contribution in [3.8, 4) is 5.69 Å². The predicted octanol–water partition coefficient (Wildman–Crippen LogP) is 6.33. The maximum Gasteiger partial charge on any atom is 0.264 e. The van der Waals surface area contributed by atoms with E-state index in [2.05, 4.69) is 44.9 Å². The Morgan fingerprint density at radius 3 is 2.28 bits per heavy atom. The second-order valence-electron chi connectivity index (χ2n) is 9.48. The van der Waals surface area contributed by atoms with Crippen LogP contribution in [0.15, 0.2) is 99.4 Å². The van der Waals surface area contributed by atoms with Gasteiger partial charge in [0.05, 0.1) is 22.5 Å². The van der Waals surface area contributed by atoms with E-state index in [1.165, 1.54) is 12.1 Å². The summed E-state index contributed by atoms with van der Waals surface area (Å²) < 4.78 is 31.2. The molecule has 7 nitrogen and oxygen atoms in total. The molecule has 0 aliphatic heterocycles. The van der Waals surface area contributed by atoms with E-state index in [4.69, 9.17) is 0 Å². The van der Waals surface area contributed by atoms with Gasteiger partial charge in [0.1, 0.15) is 6.54 Å². The fraction of sp³-hybridized carbons (Fsp3) is 0.200. The monoisotopic (exact) mass is 606 g/mol. The number of hydrogen-bond donors (Lipinski definition) is 1. The summed E-state index contributed by atoms with van der Waals surface area (Å²) in [4.78, 5) is 13.1. The van der Waals surface area contributed by atoms with E-state index in [-0.39, 0.29) is 4.90 Å². The molecule has 0 radical (unpaired) electrons. The Bertz CT molecular complexity index is 1600. The number of halogens is 1. The Balaban J connectivity index is 1.56. The molecule has 202 valence electrons. The Labute approximate surface area is 238 Å². The summed E-state index contributed by atoms with van der Waals surface area (Å²) in [6.45, 7) is 7.68. The van der Waals surface area contributed by atoms with E-state index < -0.39 is 22.5 Å². The van der Waals surface area contributed by atoms with Crippen molar-refractivity contribution in [2.24, 2.45) is 5.10 Å². The molecule has 0 bridgehead atoms. The zero-order valence-electron chi connectivity index (χ0n) is 22.3. The summed E-state index contributed by atoms with van der Waals surface area (Å²) in [5.41, 5.74) is 7.78. The van der Waals surface area contributed by atoms with E-state index >= 15 is 0 Å². The first kappa shape index (κ1) is 28.3. The minimum absolute atomic E-state index is 0.105. The molecule has 4 rings (SSSR count). The van der Waals surface area contributed by atoms with Crippen LogP contribution in [0.25, 0.3) is 5.69 Å². The highest BCUT2D eigenvalue weighted by Crippen LogP contribution is 2.27. The molecular weight excluding hydrogens is 576 g/mol. The third-order valence-corrected chi connectivity index (χ3v) is 8.88. The molecule has 0 atom stereocenters. The normalized spacial score (nSPS) is 11.7. The lowest BCUT2D eigenvalue weighted by molar-refractivity contribution is -0.119. The van der Waals surface area contributed by atoms with Crippen LogP contribution in [0.3, 0.4) is 0 Å². The minimum Gasteiger partial charge on any atom is -0.317 e. The number of rotatable bonds is 9. The van der Waals surface area contributed by atoms with Gasteiger partial charge in [-0.2, -0.15) is 5.10 Å². The average molecular weight is 608 g/mol. The van der Waals surface area contributed by atoms with Crippen LogP contribution in [0.1, 0.15) is 42.3 Å².